The van der Waals surface area contributed by atoms with Crippen LogP contribution in [0, 0.1) is 17.9 Å². The first-order valence-electron chi connectivity index (χ1n) is 6.60. The average molecular weight is 289 g/mol. The number of hydrogen-bond acceptors (Lipinski definition) is 4. The van der Waals surface area contributed by atoms with Crippen LogP contribution in [0.5, 0.6) is 0 Å². The van der Waals surface area contributed by atoms with E-state index in [1.807, 2.05) is 4.90 Å². The highest BCUT2D eigenvalue weighted by molar-refractivity contribution is 6.31. The molecule has 0 bridgehead atoms. The molecule has 0 radical (unpaired) electrons. The van der Waals surface area contributed by atoms with Crippen LogP contribution in [0.3, 0.4) is 0 Å². The highest BCUT2D eigenvalue weighted by atomic mass is 35.5. The topological polar surface area (TPSA) is 53.5 Å². The minimum Gasteiger partial charge on any atom is -0.378 e. The molecule has 1 aliphatic carbocycles. The van der Waals surface area contributed by atoms with E-state index < -0.39 is 0 Å². The van der Waals surface area contributed by atoms with Crippen molar-refractivity contribution in [3.8, 4) is 6.07 Å². The minimum absolute atomic E-state index is 0.211. The Labute approximate surface area is 122 Å². The molecule has 2 fully saturated rings. The fraction of sp³-hybridized carbons (Fsp3) is 0.500. The molecule has 0 amide bonds. The zero-order valence-electron chi connectivity index (χ0n) is 10.9. The normalized spacial score (nSPS) is 18.4. The highest BCUT2D eigenvalue weighted by Crippen LogP contribution is 2.50. The van der Waals surface area contributed by atoms with Crippen molar-refractivity contribution in [3.05, 3.63) is 27.7 Å². The molecular weight excluding hydrogens is 276 g/mol. The molecule has 1 aromatic heterocycles. The summed E-state index contributed by atoms with van der Waals surface area (Å²) in [6.45, 7) is 10.1. The van der Waals surface area contributed by atoms with E-state index in [2.05, 4.69) is 15.9 Å². The fourth-order valence-electron chi connectivity index (χ4n) is 2.53. The Balaban J connectivity index is 2.15. The van der Waals surface area contributed by atoms with Crippen LogP contribution in [0.25, 0.3) is 4.85 Å². The molecule has 3 rings (SSSR count). The summed E-state index contributed by atoms with van der Waals surface area (Å²) in [7, 11) is 0. The number of aromatic nitrogens is 1. The second-order valence-electron chi connectivity index (χ2n) is 4.96. The van der Waals surface area contributed by atoms with Crippen LogP contribution in [0.15, 0.2) is 0 Å². The number of rotatable bonds is 2. The number of pyridine rings is 1. The lowest BCUT2D eigenvalue weighted by Gasteiger charge is -2.29. The molecule has 1 saturated carbocycles. The van der Waals surface area contributed by atoms with Gasteiger partial charge >= 0.3 is 0 Å². The van der Waals surface area contributed by atoms with Crippen molar-refractivity contribution in [1.29, 1.82) is 5.26 Å². The zero-order valence-corrected chi connectivity index (χ0v) is 11.7. The van der Waals surface area contributed by atoms with Gasteiger partial charge in [0, 0.05) is 13.1 Å². The van der Waals surface area contributed by atoms with Crippen LogP contribution in [0.2, 0.25) is 5.15 Å². The Morgan fingerprint density at radius 3 is 2.65 bits per heavy atom. The van der Waals surface area contributed by atoms with Gasteiger partial charge in [-0.15, -0.1) is 0 Å². The lowest BCUT2D eigenvalue weighted by Crippen LogP contribution is -2.37. The van der Waals surface area contributed by atoms with Crippen LogP contribution in [-0.2, 0) is 4.74 Å². The van der Waals surface area contributed by atoms with Crippen molar-refractivity contribution in [2.24, 2.45) is 0 Å². The molecule has 20 heavy (non-hydrogen) atoms. The van der Waals surface area contributed by atoms with Crippen LogP contribution in [-0.4, -0.2) is 31.3 Å². The van der Waals surface area contributed by atoms with Crippen molar-refractivity contribution in [1.82, 2.24) is 4.98 Å². The molecule has 0 atom stereocenters. The molecule has 1 aliphatic heterocycles. The molecule has 6 heteroatoms. The molecule has 1 saturated heterocycles. The molecule has 5 nitrogen and oxygen atoms in total. The summed E-state index contributed by atoms with van der Waals surface area (Å²) < 4.78 is 5.33. The summed E-state index contributed by atoms with van der Waals surface area (Å²) in [6, 6.07) is 2.11. The van der Waals surface area contributed by atoms with Gasteiger partial charge in [0.05, 0.1) is 25.3 Å². The number of nitrogens with zero attached hydrogens (tertiary/aromatic N) is 4. The standard InChI is InChI=1S/C14H13ClN4O/c1-17-12-11(9-2-3-9)10(8-16)13(15)18-14(12)19-4-6-20-7-5-19/h9H,2-7H2. The third-order valence-corrected chi connectivity index (χ3v) is 3.94. The third kappa shape index (κ3) is 2.20. The van der Waals surface area contributed by atoms with E-state index in [-0.39, 0.29) is 11.1 Å². The highest BCUT2D eigenvalue weighted by Gasteiger charge is 2.33. The summed E-state index contributed by atoms with van der Waals surface area (Å²) in [5, 5.41) is 9.50. The van der Waals surface area contributed by atoms with Crippen LogP contribution < -0.4 is 4.90 Å². The molecule has 0 unspecified atom stereocenters. The van der Waals surface area contributed by atoms with Gasteiger partial charge in [-0.05, 0) is 24.3 Å². The van der Waals surface area contributed by atoms with Crippen molar-refractivity contribution in [2.45, 2.75) is 18.8 Å². The summed E-state index contributed by atoms with van der Waals surface area (Å²) >= 11 is 6.16. The van der Waals surface area contributed by atoms with Gasteiger partial charge in [0.15, 0.2) is 0 Å². The molecule has 0 N–H and O–H groups in total. The van der Waals surface area contributed by atoms with Gasteiger partial charge in [0.25, 0.3) is 0 Å². The maximum absolute atomic E-state index is 9.29. The van der Waals surface area contributed by atoms with E-state index in [4.69, 9.17) is 22.9 Å². The predicted molar refractivity (Wildman–Crippen MR) is 75.2 cm³/mol. The van der Waals surface area contributed by atoms with Gasteiger partial charge in [-0.2, -0.15) is 5.26 Å². The molecule has 2 aliphatic rings. The summed E-state index contributed by atoms with van der Waals surface area (Å²) in [4.78, 5) is 9.98. The molecule has 102 valence electrons. The van der Waals surface area contributed by atoms with Gasteiger partial charge in [-0.1, -0.05) is 11.6 Å². The smallest absolute Gasteiger partial charge is 0.233 e. The van der Waals surface area contributed by atoms with E-state index in [9.17, 15) is 5.26 Å². The van der Waals surface area contributed by atoms with E-state index in [1.165, 1.54) is 0 Å². The molecule has 0 aromatic carbocycles. The third-order valence-electron chi connectivity index (χ3n) is 3.67. The molecule has 2 heterocycles. The molecule has 0 spiro atoms. The molecular formula is C14H13ClN4O. The Bertz CT molecular complexity index is 622. The number of hydrogen-bond donors (Lipinski definition) is 0. The Morgan fingerprint density at radius 2 is 2.10 bits per heavy atom. The van der Waals surface area contributed by atoms with Gasteiger partial charge in [0.1, 0.15) is 17.0 Å². The first-order chi connectivity index (χ1) is 9.76. The number of anilines is 1. The Morgan fingerprint density at radius 1 is 1.40 bits per heavy atom. The zero-order chi connectivity index (χ0) is 14.1. The van der Waals surface area contributed by atoms with Crippen LogP contribution in [0.4, 0.5) is 11.5 Å². The lowest BCUT2D eigenvalue weighted by atomic mass is 10.0. The minimum atomic E-state index is 0.211. The van der Waals surface area contributed by atoms with Crippen molar-refractivity contribution < 1.29 is 4.74 Å². The lowest BCUT2D eigenvalue weighted by molar-refractivity contribution is 0.122. The fourth-order valence-corrected chi connectivity index (χ4v) is 2.76. The number of halogens is 1. The van der Waals surface area contributed by atoms with Crippen LogP contribution in [0.1, 0.15) is 29.9 Å². The second-order valence-corrected chi connectivity index (χ2v) is 5.32. The maximum Gasteiger partial charge on any atom is 0.233 e. The van der Waals surface area contributed by atoms with Crippen molar-refractivity contribution >= 4 is 23.1 Å². The first-order valence-corrected chi connectivity index (χ1v) is 6.97. The quantitative estimate of drug-likeness (QED) is 0.620. The van der Waals surface area contributed by atoms with Crippen molar-refractivity contribution in [3.63, 3.8) is 0 Å². The van der Waals surface area contributed by atoms with E-state index in [0.717, 1.165) is 18.4 Å². The van der Waals surface area contributed by atoms with Gasteiger partial charge in [0.2, 0.25) is 5.69 Å². The average Bonchev–Trinajstić information content (AvgIpc) is 3.31. The Kier molecular flexibility index (Phi) is 3.48. The summed E-state index contributed by atoms with van der Waals surface area (Å²) in [6.07, 6.45) is 2.03. The maximum atomic E-state index is 9.29. The molecule has 1 aromatic rings. The number of morpholine rings is 1. The van der Waals surface area contributed by atoms with Crippen LogP contribution >= 0.6 is 11.6 Å². The Hall–Kier alpha value is -1.82. The predicted octanol–water partition coefficient (Wildman–Crippen LogP) is 2.87. The van der Waals surface area contributed by atoms with Gasteiger partial charge < -0.3 is 9.64 Å². The largest absolute Gasteiger partial charge is 0.378 e. The van der Waals surface area contributed by atoms with E-state index in [1.54, 1.807) is 0 Å². The SMILES string of the molecule is [C-]#[N+]c1c(N2CCOCC2)nc(Cl)c(C#N)c1C1CC1. The summed E-state index contributed by atoms with van der Waals surface area (Å²) in [5.74, 6) is 0.892. The van der Waals surface area contributed by atoms with Gasteiger partial charge in [-0.25, -0.2) is 9.83 Å². The monoisotopic (exact) mass is 288 g/mol. The summed E-state index contributed by atoms with van der Waals surface area (Å²) in [5.41, 5.74) is 1.66. The van der Waals surface area contributed by atoms with E-state index >= 15 is 0 Å². The van der Waals surface area contributed by atoms with Gasteiger partial charge in [-0.3, -0.25) is 0 Å². The number of ether oxygens (including phenoxy) is 1. The number of nitriles is 1. The first kappa shape index (κ1) is 13.2. The second kappa shape index (κ2) is 5.28. The van der Waals surface area contributed by atoms with E-state index in [0.29, 0.717) is 43.4 Å². The van der Waals surface area contributed by atoms with Crippen molar-refractivity contribution in [2.75, 3.05) is 31.2 Å².